The first kappa shape index (κ1) is 11.2. The van der Waals surface area contributed by atoms with Gasteiger partial charge in [0.2, 0.25) is 0 Å². The molecule has 3 nitrogen and oxygen atoms in total. The molecule has 2 N–H and O–H groups in total. The van der Waals surface area contributed by atoms with Crippen molar-refractivity contribution in [2.24, 2.45) is 0 Å². The van der Waals surface area contributed by atoms with Gasteiger partial charge in [-0.2, -0.15) is 8.78 Å². The maximum absolute atomic E-state index is 12.0. The molecule has 0 amide bonds. The number of aliphatic hydroxyl groups is 1. The van der Waals surface area contributed by atoms with E-state index in [4.69, 9.17) is 10.2 Å². The highest BCUT2D eigenvalue weighted by Gasteiger charge is 2.48. The van der Waals surface area contributed by atoms with Gasteiger partial charge in [0, 0.05) is 0 Å². The van der Waals surface area contributed by atoms with Gasteiger partial charge >= 0.3 is 18.3 Å². The van der Waals surface area contributed by atoms with E-state index in [1.165, 1.54) is 0 Å². The molecule has 72 valence electrons. The predicted octanol–water partition coefficient (Wildman–Crippen LogP) is 0.722. The van der Waals surface area contributed by atoms with Gasteiger partial charge < -0.3 is 10.2 Å². The van der Waals surface area contributed by atoms with Crippen LogP contribution in [-0.4, -0.2) is 34.6 Å². The lowest BCUT2D eigenvalue weighted by atomic mass is 10.1. The quantitative estimate of drug-likeness (QED) is 0.642. The minimum atomic E-state index is -4.67. The van der Waals surface area contributed by atoms with Crippen LogP contribution in [0.3, 0.4) is 0 Å². The molecule has 0 aromatic heterocycles. The van der Waals surface area contributed by atoms with Crippen molar-refractivity contribution in [3.63, 3.8) is 0 Å². The molecule has 0 bridgehead atoms. The highest BCUT2D eigenvalue weighted by Crippen LogP contribution is 2.28. The third-order valence-electron chi connectivity index (χ3n) is 1.10. The summed E-state index contributed by atoms with van der Waals surface area (Å²) in [4.78, 5) is 9.74. The van der Waals surface area contributed by atoms with E-state index in [1.807, 2.05) is 0 Å². The zero-order valence-corrected chi connectivity index (χ0v) is 5.68. The summed E-state index contributed by atoms with van der Waals surface area (Å²) in [5.41, 5.74) is 0. The standard InChI is InChI=1S/C5H6F4O3/c6-4(7)5(8,9)2(10)1-3(11)12/h2,4,10H,1H2,(H,11,12). The first-order chi connectivity index (χ1) is 5.28. The van der Waals surface area contributed by atoms with Crippen LogP contribution in [-0.2, 0) is 4.79 Å². The van der Waals surface area contributed by atoms with E-state index in [0.717, 1.165) is 0 Å². The van der Waals surface area contributed by atoms with Crippen LogP contribution in [0.1, 0.15) is 6.42 Å². The number of hydrogen-bond acceptors (Lipinski definition) is 2. The summed E-state index contributed by atoms with van der Waals surface area (Å²) in [6.45, 7) is 0. The summed E-state index contributed by atoms with van der Waals surface area (Å²) in [6.07, 6.45) is -8.32. The number of alkyl halides is 4. The van der Waals surface area contributed by atoms with Gasteiger partial charge in [0.05, 0.1) is 6.42 Å². The number of carboxylic acid groups (broad SMARTS) is 1. The Morgan fingerprint density at radius 2 is 1.83 bits per heavy atom. The fourth-order valence-electron chi connectivity index (χ4n) is 0.447. The van der Waals surface area contributed by atoms with Crippen LogP contribution in [0, 0.1) is 0 Å². The Morgan fingerprint density at radius 3 is 2.08 bits per heavy atom. The van der Waals surface area contributed by atoms with Gasteiger partial charge in [0.25, 0.3) is 0 Å². The lowest BCUT2D eigenvalue weighted by Crippen LogP contribution is -2.41. The highest BCUT2D eigenvalue weighted by atomic mass is 19.3. The summed E-state index contributed by atoms with van der Waals surface area (Å²) < 4.78 is 46.9. The Bertz CT molecular complexity index is 170. The van der Waals surface area contributed by atoms with E-state index in [9.17, 15) is 22.4 Å². The van der Waals surface area contributed by atoms with Crippen LogP contribution >= 0.6 is 0 Å². The van der Waals surface area contributed by atoms with Crippen molar-refractivity contribution in [2.45, 2.75) is 24.9 Å². The molecule has 0 aliphatic rings. The molecule has 0 aliphatic heterocycles. The average Bonchev–Trinajstić information content (AvgIpc) is 1.85. The number of aliphatic hydroxyl groups excluding tert-OH is 1. The molecule has 0 heterocycles. The maximum Gasteiger partial charge on any atom is 0.333 e. The second-order valence-electron chi connectivity index (χ2n) is 2.09. The molecular weight excluding hydrogens is 184 g/mol. The fraction of sp³-hybridized carbons (Fsp3) is 0.800. The lowest BCUT2D eigenvalue weighted by molar-refractivity contribution is -0.196. The van der Waals surface area contributed by atoms with E-state index in [2.05, 4.69) is 0 Å². The second-order valence-corrected chi connectivity index (χ2v) is 2.09. The van der Waals surface area contributed by atoms with E-state index >= 15 is 0 Å². The summed E-state index contributed by atoms with van der Waals surface area (Å²) in [6, 6.07) is 0. The van der Waals surface area contributed by atoms with Crippen molar-refractivity contribution in [1.82, 2.24) is 0 Å². The molecule has 0 saturated carbocycles. The maximum atomic E-state index is 12.0. The Morgan fingerprint density at radius 1 is 1.42 bits per heavy atom. The Kier molecular flexibility index (Phi) is 3.44. The van der Waals surface area contributed by atoms with Crippen LogP contribution in [0.25, 0.3) is 0 Å². The molecule has 0 saturated heterocycles. The van der Waals surface area contributed by atoms with Gasteiger partial charge in [-0.25, -0.2) is 8.78 Å². The molecule has 1 unspecified atom stereocenters. The Labute approximate surface area is 64.6 Å². The smallest absolute Gasteiger partial charge is 0.333 e. The Balaban J connectivity index is 4.24. The molecule has 0 spiro atoms. The molecule has 0 rings (SSSR count). The molecule has 0 aromatic rings. The number of carboxylic acids is 1. The van der Waals surface area contributed by atoms with E-state index in [-0.39, 0.29) is 0 Å². The lowest BCUT2D eigenvalue weighted by Gasteiger charge is -2.19. The zero-order valence-electron chi connectivity index (χ0n) is 5.68. The van der Waals surface area contributed by atoms with E-state index in [0.29, 0.717) is 0 Å². The number of rotatable bonds is 4. The first-order valence-electron chi connectivity index (χ1n) is 2.84. The molecular formula is C5H6F4O3. The highest BCUT2D eigenvalue weighted by molar-refractivity contribution is 5.67. The first-order valence-corrected chi connectivity index (χ1v) is 2.84. The van der Waals surface area contributed by atoms with Crippen molar-refractivity contribution in [3.8, 4) is 0 Å². The van der Waals surface area contributed by atoms with Crippen LogP contribution in [0.5, 0.6) is 0 Å². The second kappa shape index (κ2) is 3.70. The average molecular weight is 190 g/mol. The monoisotopic (exact) mass is 190 g/mol. The third kappa shape index (κ3) is 2.65. The van der Waals surface area contributed by atoms with Crippen molar-refractivity contribution in [1.29, 1.82) is 0 Å². The number of hydrogen-bond donors (Lipinski definition) is 2. The summed E-state index contributed by atoms with van der Waals surface area (Å²) in [7, 11) is 0. The largest absolute Gasteiger partial charge is 0.481 e. The van der Waals surface area contributed by atoms with Crippen molar-refractivity contribution < 1.29 is 32.6 Å². The molecule has 0 aliphatic carbocycles. The topological polar surface area (TPSA) is 57.5 Å². The van der Waals surface area contributed by atoms with Crippen LogP contribution in [0.15, 0.2) is 0 Å². The number of carbonyl (C=O) groups is 1. The van der Waals surface area contributed by atoms with E-state index in [1.54, 1.807) is 0 Å². The van der Waals surface area contributed by atoms with Crippen LogP contribution in [0.2, 0.25) is 0 Å². The Hall–Kier alpha value is -0.850. The van der Waals surface area contributed by atoms with Crippen LogP contribution < -0.4 is 0 Å². The normalized spacial score (nSPS) is 14.8. The van der Waals surface area contributed by atoms with Gasteiger partial charge in [0.1, 0.15) is 6.10 Å². The summed E-state index contributed by atoms with van der Waals surface area (Å²) >= 11 is 0. The fourth-order valence-corrected chi connectivity index (χ4v) is 0.447. The molecule has 0 fully saturated rings. The SMILES string of the molecule is O=C(O)CC(O)C(F)(F)C(F)F. The zero-order chi connectivity index (χ0) is 9.94. The van der Waals surface area contributed by atoms with Crippen LogP contribution in [0.4, 0.5) is 17.6 Å². The molecule has 12 heavy (non-hydrogen) atoms. The predicted molar refractivity (Wildman–Crippen MR) is 29.2 cm³/mol. The van der Waals surface area contributed by atoms with Crippen molar-refractivity contribution in [2.75, 3.05) is 0 Å². The van der Waals surface area contributed by atoms with Gasteiger partial charge in [-0.3, -0.25) is 4.79 Å². The van der Waals surface area contributed by atoms with Gasteiger partial charge in [-0.15, -0.1) is 0 Å². The minimum absolute atomic E-state index is 1.41. The van der Waals surface area contributed by atoms with Crippen molar-refractivity contribution in [3.05, 3.63) is 0 Å². The van der Waals surface area contributed by atoms with E-state index < -0.39 is 30.8 Å². The molecule has 7 heteroatoms. The number of halogens is 4. The van der Waals surface area contributed by atoms with Gasteiger partial charge in [-0.1, -0.05) is 0 Å². The summed E-state index contributed by atoms with van der Waals surface area (Å²) in [5.74, 6) is -6.43. The molecule has 0 aromatic carbocycles. The van der Waals surface area contributed by atoms with Crippen molar-refractivity contribution >= 4 is 5.97 Å². The molecule has 0 radical (unpaired) electrons. The molecule has 1 atom stereocenters. The van der Waals surface area contributed by atoms with Gasteiger partial charge in [-0.05, 0) is 0 Å². The third-order valence-corrected chi connectivity index (χ3v) is 1.10. The minimum Gasteiger partial charge on any atom is -0.481 e. The number of aliphatic carboxylic acids is 1. The van der Waals surface area contributed by atoms with Gasteiger partial charge in [0.15, 0.2) is 0 Å². The summed E-state index contributed by atoms with van der Waals surface area (Å²) in [5, 5.41) is 16.2.